The zero-order valence-corrected chi connectivity index (χ0v) is 20.2. The fourth-order valence-electron chi connectivity index (χ4n) is 4.53. The number of hydrogen-bond acceptors (Lipinski definition) is 10. The number of carbonyl (C=O) groups is 2. The summed E-state index contributed by atoms with van der Waals surface area (Å²) in [4.78, 5) is 44.3. The molecule has 5 rings (SSSR count). The summed E-state index contributed by atoms with van der Waals surface area (Å²) in [5, 5.41) is 15.4. The number of hydrogen-bond donors (Lipinski definition) is 3. The van der Waals surface area contributed by atoms with Crippen molar-refractivity contribution >= 4 is 23.5 Å². The van der Waals surface area contributed by atoms with E-state index in [2.05, 4.69) is 30.6 Å². The zero-order valence-electron chi connectivity index (χ0n) is 20.2. The van der Waals surface area contributed by atoms with Crippen molar-refractivity contribution in [3.8, 4) is 6.01 Å². The van der Waals surface area contributed by atoms with E-state index in [-0.39, 0.29) is 35.4 Å². The Morgan fingerprint density at radius 2 is 1.78 bits per heavy atom. The molecule has 0 aromatic carbocycles. The molecule has 1 saturated heterocycles. The number of oxazole rings is 1. The number of ether oxygens (including phenoxy) is 1. The Kier molecular flexibility index (Phi) is 7.54. The van der Waals surface area contributed by atoms with Crippen molar-refractivity contribution in [3.63, 3.8) is 0 Å². The number of nitrogens with one attached hydrogen (secondary N) is 2. The Hall–Kier alpha value is -4.06. The van der Waals surface area contributed by atoms with E-state index in [1.807, 2.05) is 4.90 Å². The van der Waals surface area contributed by atoms with Crippen LogP contribution in [0.4, 0.5) is 11.7 Å². The van der Waals surface area contributed by atoms with Crippen molar-refractivity contribution in [3.05, 3.63) is 54.4 Å². The molecule has 0 spiro atoms. The summed E-state index contributed by atoms with van der Waals surface area (Å²) >= 11 is 0. The lowest BCUT2D eigenvalue weighted by molar-refractivity contribution is 0.0868. The fourth-order valence-corrected chi connectivity index (χ4v) is 4.53. The van der Waals surface area contributed by atoms with Gasteiger partial charge in [-0.15, -0.1) is 0 Å². The van der Waals surface area contributed by atoms with E-state index in [9.17, 15) is 14.7 Å². The van der Waals surface area contributed by atoms with Gasteiger partial charge in [-0.2, -0.15) is 4.98 Å². The van der Waals surface area contributed by atoms with E-state index in [1.54, 1.807) is 24.5 Å². The van der Waals surface area contributed by atoms with Gasteiger partial charge in [0.25, 0.3) is 17.8 Å². The number of aliphatic hydroxyl groups excluding tert-OH is 1. The maximum atomic E-state index is 12.9. The second-order valence-corrected chi connectivity index (χ2v) is 9.21. The summed E-state index contributed by atoms with van der Waals surface area (Å²) < 4.78 is 11.4. The number of aromatic nitrogens is 4. The van der Waals surface area contributed by atoms with Gasteiger partial charge in [0.05, 0.1) is 17.4 Å². The topological polar surface area (TPSA) is 156 Å². The molecule has 1 saturated carbocycles. The van der Waals surface area contributed by atoms with Crippen molar-refractivity contribution in [2.45, 2.75) is 56.8 Å². The molecule has 2 amide bonds. The smallest absolute Gasteiger partial charge is 0.316 e. The molecule has 1 aliphatic heterocycles. The normalized spacial score (nSPS) is 20.3. The predicted molar refractivity (Wildman–Crippen MR) is 132 cm³/mol. The number of piperidine rings is 1. The Morgan fingerprint density at radius 1 is 1.03 bits per heavy atom. The predicted octanol–water partition coefficient (Wildman–Crippen LogP) is 2.19. The highest BCUT2D eigenvalue weighted by Gasteiger charge is 2.26. The van der Waals surface area contributed by atoms with E-state index in [4.69, 9.17) is 9.15 Å². The maximum Gasteiger partial charge on any atom is 0.316 e. The molecule has 194 valence electrons. The molecule has 1 aliphatic carbocycles. The van der Waals surface area contributed by atoms with Crippen LogP contribution >= 0.6 is 0 Å². The third kappa shape index (κ3) is 6.20. The summed E-state index contributed by atoms with van der Waals surface area (Å²) in [7, 11) is 0. The van der Waals surface area contributed by atoms with Gasteiger partial charge in [-0.05, 0) is 37.8 Å². The van der Waals surface area contributed by atoms with Crippen molar-refractivity contribution in [1.29, 1.82) is 0 Å². The van der Waals surface area contributed by atoms with Gasteiger partial charge in [0.15, 0.2) is 5.69 Å². The third-order valence-electron chi connectivity index (χ3n) is 6.60. The van der Waals surface area contributed by atoms with E-state index in [1.165, 1.54) is 18.7 Å². The van der Waals surface area contributed by atoms with E-state index in [0.29, 0.717) is 56.5 Å². The number of rotatable bonds is 7. The number of anilines is 2. The van der Waals surface area contributed by atoms with Crippen LogP contribution in [0.15, 0.2) is 47.6 Å². The second kappa shape index (κ2) is 11.3. The minimum Gasteiger partial charge on any atom is -0.460 e. The van der Waals surface area contributed by atoms with Gasteiger partial charge >= 0.3 is 6.01 Å². The lowest BCUT2D eigenvalue weighted by atomic mass is 9.93. The molecule has 3 aromatic heterocycles. The van der Waals surface area contributed by atoms with Crippen LogP contribution in [0.5, 0.6) is 6.01 Å². The number of pyridine rings is 1. The van der Waals surface area contributed by atoms with Crippen LogP contribution in [0.25, 0.3) is 0 Å². The van der Waals surface area contributed by atoms with Crippen LogP contribution in [0.1, 0.15) is 59.4 Å². The molecule has 0 unspecified atom stereocenters. The Balaban J connectivity index is 1.16. The molecule has 0 radical (unpaired) electrons. The van der Waals surface area contributed by atoms with Crippen LogP contribution in [-0.2, 0) is 0 Å². The number of carbonyl (C=O) groups excluding carboxylic acids is 2. The molecule has 3 aromatic rings. The van der Waals surface area contributed by atoms with Crippen LogP contribution < -0.4 is 20.3 Å². The number of amides is 2. The molecule has 37 heavy (non-hydrogen) atoms. The molecule has 2 aliphatic rings. The van der Waals surface area contributed by atoms with E-state index in [0.717, 1.165) is 12.8 Å². The first-order chi connectivity index (χ1) is 18.0. The lowest BCUT2D eigenvalue weighted by Crippen LogP contribution is -2.39. The molecule has 0 atom stereocenters. The molecule has 4 heterocycles. The van der Waals surface area contributed by atoms with Crippen molar-refractivity contribution in [2.24, 2.45) is 0 Å². The number of nitrogens with zero attached hydrogens (tertiary/aromatic N) is 5. The highest BCUT2D eigenvalue weighted by molar-refractivity contribution is 6.08. The quantitative estimate of drug-likeness (QED) is 0.433. The van der Waals surface area contributed by atoms with Gasteiger partial charge in [-0.1, -0.05) is 0 Å². The molecule has 3 N–H and O–H groups in total. The standard InChI is InChI=1S/C25H29N7O5/c33-17-4-2-16(3-5-17)29-22(34)19-14-26-11-6-20(19)30-23(35)21-15-36-25(31-21)32-12-7-18(8-13-32)37-24-27-9-1-10-28-24/h1,6,9-11,14-18,33H,2-5,7-8,12-13H2,(H,29,34)(H,26,30,35)/t16-,17-. The van der Waals surface area contributed by atoms with Crippen molar-refractivity contribution in [2.75, 3.05) is 23.3 Å². The Bertz CT molecular complexity index is 1200. The van der Waals surface area contributed by atoms with Crippen molar-refractivity contribution in [1.82, 2.24) is 25.3 Å². The maximum absolute atomic E-state index is 12.9. The van der Waals surface area contributed by atoms with Gasteiger partial charge in [-0.25, -0.2) is 9.97 Å². The minimum atomic E-state index is -0.490. The van der Waals surface area contributed by atoms with Crippen LogP contribution in [0.3, 0.4) is 0 Å². The van der Waals surface area contributed by atoms with E-state index < -0.39 is 5.91 Å². The SMILES string of the molecule is O=C(Nc1ccncc1C(=O)N[C@H]1CC[C@H](O)CC1)c1coc(N2CCC(Oc3ncccn3)CC2)n1. The summed E-state index contributed by atoms with van der Waals surface area (Å²) in [6, 6.07) is 4.00. The minimum absolute atomic E-state index is 0.00804. The summed E-state index contributed by atoms with van der Waals surface area (Å²) in [6.07, 6.45) is 11.4. The summed E-state index contributed by atoms with van der Waals surface area (Å²) in [6.45, 7) is 1.29. The Morgan fingerprint density at radius 3 is 2.54 bits per heavy atom. The molecular weight excluding hydrogens is 478 g/mol. The Labute approximate surface area is 213 Å². The van der Waals surface area contributed by atoms with Gasteiger partial charge in [0.1, 0.15) is 12.4 Å². The first-order valence-electron chi connectivity index (χ1n) is 12.4. The van der Waals surface area contributed by atoms with Crippen LogP contribution in [0, 0.1) is 0 Å². The highest BCUT2D eigenvalue weighted by atomic mass is 16.5. The van der Waals surface area contributed by atoms with E-state index >= 15 is 0 Å². The van der Waals surface area contributed by atoms with Gasteiger partial charge < -0.3 is 29.8 Å². The average molecular weight is 508 g/mol. The van der Waals surface area contributed by atoms with Crippen LogP contribution in [-0.4, -0.2) is 68.2 Å². The van der Waals surface area contributed by atoms with Crippen LogP contribution in [0.2, 0.25) is 0 Å². The highest BCUT2D eigenvalue weighted by Crippen LogP contribution is 2.23. The van der Waals surface area contributed by atoms with Gasteiger partial charge in [0, 0.05) is 56.8 Å². The molecular formula is C25H29N7O5. The molecule has 0 bridgehead atoms. The molecule has 12 heteroatoms. The molecule has 12 nitrogen and oxygen atoms in total. The second-order valence-electron chi connectivity index (χ2n) is 9.21. The fraction of sp³-hybridized carbons (Fsp3) is 0.440. The van der Waals surface area contributed by atoms with Gasteiger partial charge in [-0.3, -0.25) is 14.6 Å². The zero-order chi connectivity index (χ0) is 25.6. The largest absolute Gasteiger partial charge is 0.460 e. The van der Waals surface area contributed by atoms with Crippen molar-refractivity contribution < 1.29 is 23.8 Å². The average Bonchev–Trinajstić information content (AvgIpc) is 3.42. The molecule has 2 fully saturated rings. The lowest BCUT2D eigenvalue weighted by Gasteiger charge is -2.30. The van der Waals surface area contributed by atoms with Gasteiger partial charge in [0.2, 0.25) is 0 Å². The summed E-state index contributed by atoms with van der Waals surface area (Å²) in [5.41, 5.74) is 0.699. The third-order valence-corrected chi connectivity index (χ3v) is 6.60. The number of aliphatic hydroxyl groups is 1. The monoisotopic (exact) mass is 507 g/mol. The summed E-state index contributed by atoms with van der Waals surface area (Å²) in [5.74, 6) is -0.813. The first kappa shape index (κ1) is 24.6. The first-order valence-corrected chi connectivity index (χ1v) is 12.4.